The van der Waals surface area contributed by atoms with E-state index in [0.717, 1.165) is 16.5 Å². The topological polar surface area (TPSA) is 59.8 Å². The molecule has 1 atom stereocenters. The van der Waals surface area contributed by atoms with E-state index in [1.165, 1.54) is 6.07 Å². The molecule has 0 radical (unpaired) electrons. The van der Waals surface area contributed by atoms with Gasteiger partial charge >= 0.3 is 5.63 Å². The summed E-state index contributed by atoms with van der Waals surface area (Å²) in [6, 6.07) is 14.3. The van der Waals surface area contributed by atoms with Crippen molar-refractivity contribution in [1.29, 1.82) is 0 Å². The van der Waals surface area contributed by atoms with Crippen molar-refractivity contribution < 1.29 is 13.9 Å². The maximum absolute atomic E-state index is 12.6. The van der Waals surface area contributed by atoms with Crippen LogP contribution in [0.2, 0.25) is 5.02 Å². The summed E-state index contributed by atoms with van der Waals surface area (Å²) in [6.07, 6.45) is -0.745. The molecule has 5 nitrogen and oxygen atoms in total. The minimum atomic E-state index is -0.745. The van der Waals surface area contributed by atoms with Crippen LogP contribution in [0.3, 0.4) is 0 Å². The molecule has 0 spiro atoms. The van der Waals surface area contributed by atoms with Crippen molar-refractivity contribution in [2.24, 2.45) is 0 Å². The van der Waals surface area contributed by atoms with Gasteiger partial charge in [-0.25, -0.2) is 4.79 Å². The van der Waals surface area contributed by atoms with Crippen LogP contribution in [0.15, 0.2) is 57.7 Å². The largest absolute Gasteiger partial charge is 0.479 e. The summed E-state index contributed by atoms with van der Waals surface area (Å²) in [5.41, 5.74) is 1.72. The van der Waals surface area contributed by atoms with Crippen LogP contribution in [-0.2, 0) is 11.3 Å². The molecule has 6 heteroatoms. The molecular formula is C21H20ClNO4. The number of fused-ring (bicyclic) bond motifs is 1. The van der Waals surface area contributed by atoms with E-state index >= 15 is 0 Å². The first-order valence-electron chi connectivity index (χ1n) is 8.54. The van der Waals surface area contributed by atoms with Gasteiger partial charge in [0.2, 0.25) is 0 Å². The molecule has 1 aromatic heterocycles. The highest BCUT2D eigenvalue weighted by Crippen LogP contribution is 2.31. The van der Waals surface area contributed by atoms with Gasteiger partial charge in [-0.2, -0.15) is 0 Å². The molecular weight excluding hydrogens is 366 g/mol. The highest BCUT2D eigenvalue weighted by atomic mass is 35.5. The first kappa shape index (κ1) is 19.0. The number of rotatable bonds is 5. The molecule has 3 aromatic rings. The third-order valence-corrected chi connectivity index (χ3v) is 4.59. The van der Waals surface area contributed by atoms with E-state index in [-0.39, 0.29) is 5.91 Å². The Morgan fingerprint density at radius 1 is 1.22 bits per heavy atom. The molecule has 0 bridgehead atoms. The lowest BCUT2D eigenvalue weighted by Gasteiger charge is -2.22. The van der Waals surface area contributed by atoms with E-state index in [2.05, 4.69) is 0 Å². The number of aryl methyl sites for hydroxylation is 1. The highest BCUT2D eigenvalue weighted by Gasteiger charge is 2.21. The lowest BCUT2D eigenvalue weighted by molar-refractivity contribution is -0.137. The second-order valence-corrected chi connectivity index (χ2v) is 6.87. The summed E-state index contributed by atoms with van der Waals surface area (Å²) in [5.74, 6) is 0.118. The standard InChI is InChI=1S/C21H20ClNO4/c1-13-9-20(24)27-18-11-19(17(22)10-16(13)18)26-14(2)21(25)23(3)12-15-7-5-4-6-8-15/h4-11,14H,12H2,1-3H3/t14-/m0/s1. The van der Waals surface area contributed by atoms with Crippen LogP contribution in [0.1, 0.15) is 18.1 Å². The molecule has 0 N–H and O–H groups in total. The van der Waals surface area contributed by atoms with Gasteiger partial charge in [0.15, 0.2) is 6.10 Å². The quantitative estimate of drug-likeness (QED) is 0.618. The van der Waals surface area contributed by atoms with Crippen LogP contribution in [0.4, 0.5) is 0 Å². The fourth-order valence-electron chi connectivity index (χ4n) is 2.90. The first-order valence-corrected chi connectivity index (χ1v) is 8.92. The van der Waals surface area contributed by atoms with Crippen LogP contribution in [-0.4, -0.2) is 24.0 Å². The molecule has 140 valence electrons. The van der Waals surface area contributed by atoms with Gasteiger partial charge < -0.3 is 14.1 Å². The number of carbonyl (C=O) groups is 1. The number of ether oxygens (including phenoxy) is 1. The van der Waals surface area contributed by atoms with E-state index in [1.807, 2.05) is 30.3 Å². The van der Waals surface area contributed by atoms with Crippen molar-refractivity contribution in [2.45, 2.75) is 26.5 Å². The van der Waals surface area contributed by atoms with Crippen molar-refractivity contribution in [2.75, 3.05) is 7.05 Å². The summed E-state index contributed by atoms with van der Waals surface area (Å²) < 4.78 is 11.0. The molecule has 0 aliphatic rings. The van der Waals surface area contributed by atoms with Crippen LogP contribution in [0.25, 0.3) is 11.0 Å². The van der Waals surface area contributed by atoms with Gasteiger partial charge in [-0.05, 0) is 31.0 Å². The van der Waals surface area contributed by atoms with Gasteiger partial charge in [0.1, 0.15) is 11.3 Å². The predicted molar refractivity (Wildman–Crippen MR) is 105 cm³/mol. The Morgan fingerprint density at radius 2 is 1.93 bits per heavy atom. The van der Waals surface area contributed by atoms with Gasteiger partial charge in [-0.15, -0.1) is 0 Å². The van der Waals surface area contributed by atoms with Crippen molar-refractivity contribution in [1.82, 2.24) is 4.90 Å². The van der Waals surface area contributed by atoms with Gasteiger partial charge in [-0.1, -0.05) is 41.9 Å². The van der Waals surface area contributed by atoms with Gasteiger partial charge in [0.25, 0.3) is 5.91 Å². The SMILES string of the molecule is Cc1cc(=O)oc2cc(O[C@@H](C)C(=O)N(C)Cc3ccccc3)c(Cl)cc12. The van der Waals surface area contributed by atoms with E-state index in [4.69, 9.17) is 20.8 Å². The van der Waals surface area contributed by atoms with Crippen molar-refractivity contribution in [3.63, 3.8) is 0 Å². The van der Waals surface area contributed by atoms with E-state index in [9.17, 15) is 9.59 Å². The van der Waals surface area contributed by atoms with Crippen molar-refractivity contribution in [3.05, 3.63) is 75.1 Å². The molecule has 0 saturated carbocycles. The molecule has 0 aliphatic heterocycles. The Kier molecular flexibility index (Phi) is 5.51. The Balaban J connectivity index is 1.78. The summed E-state index contributed by atoms with van der Waals surface area (Å²) in [4.78, 5) is 25.8. The summed E-state index contributed by atoms with van der Waals surface area (Å²) >= 11 is 6.30. The molecule has 3 rings (SSSR count). The minimum absolute atomic E-state index is 0.180. The van der Waals surface area contributed by atoms with E-state index in [0.29, 0.717) is 22.9 Å². The summed E-state index contributed by atoms with van der Waals surface area (Å²) in [7, 11) is 1.72. The Hall–Kier alpha value is -2.79. The molecule has 0 fully saturated rings. The Morgan fingerprint density at radius 3 is 2.63 bits per heavy atom. The Bertz CT molecular complexity index is 1030. The van der Waals surface area contributed by atoms with Gasteiger partial charge in [0, 0.05) is 31.1 Å². The fourth-order valence-corrected chi connectivity index (χ4v) is 3.10. The van der Waals surface area contributed by atoms with Crippen LogP contribution in [0, 0.1) is 6.92 Å². The molecule has 27 heavy (non-hydrogen) atoms. The molecule has 1 heterocycles. The monoisotopic (exact) mass is 385 g/mol. The molecule has 0 aliphatic carbocycles. The minimum Gasteiger partial charge on any atom is -0.479 e. The third kappa shape index (κ3) is 4.31. The maximum Gasteiger partial charge on any atom is 0.336 e. The van der Waals surface area contributed by atoms with Crippen LogP contribution >= 0.6 is 11.6 Å². The second-order valence-electron chi connectivity index (χ2n) is 6.47. The Labute approximate surface area is 162 Å². The predicted octanol–water partition coefficient (Wildman–Crippen LogP) is 4.18. The van der Waals surface area contributed by atoms with E-state index < -0.39 is 11.7 Å². The number of halogens is 1. The smallest absolute Gasteiger partial charge is 0.336 e. The lowest BCUT2D eigenvalue weighted by Crippen LogP contribution is -2.37. The maximum atomic E-state index is 12.6. The van der Waals surface area contributed by atoms with Crippen LogP contribution in [0.5, 0.6) is 5.75 Å². The second kappa shape index (κ2) is 7.84. The molecule has 0 unspecified atom stereocenters. The molecule has 2 aromatic carbocycles. The fraction of sp³-hybridized carbons (Fsp3) is 0.238. The number of benzene rings is 2. The molecule has 1 amide bonds. The third-order valence-electron chi connectivity index (χ3n) is 4.29. The van der Waals surface area contributed by atoms with E-state index in [1.54, 1.807) is 37.9 Å². The summed E-state index contributed by atoms with van der Waals surface area (Å²) in [6.45, 7) is 3.95. The number of likely N-dealkylation sites (N-methyl/N-ethyl adjacent to an activating group) is 1. The number of hydrogen-bond acceptors (Lipinski definition) is 4. The normalized spacial score (nSPS) is 12.0. The summed E-state index contributed by atoms with van der Waals surface area (Å²) in [5, 5.41) is 1.08. The average Bonchev–Trinajstić information content (AvgIpc) is 2.63. The zero-order valence-corrected chi connectivity index (χ0v) is 16.1. The zero-order valence-electron chi connectivity index (χ0n) is 15.4. The molecule has 0 saturated heterocycles. The number of carbonyl (C=O) groups excluding carboxylic acids is 1. The zero-order chi connectivity index (χ0) is 19.6. The number of amides is 1. The average molecular weight is 386 g/mol. The number of hydrogen-bond donors (Lipinski definition) is 0. The van der Waals surface area contributed by atoms with Crippen LogP contribution < -0.4 is 10.4 Å². The van der Waals surface area contributed by atoms with Gasteiger partial charge in [-0.3, -0.25) is 4.79 Å². The number of nitrogens with zero attached hydrogens (tertiary/aromatic N) is 1. The van der Waals surface area contributed by atoms with Gasteiger partial charge in [0.05, 0.1) is 5.02 Å². The van der Waals surface area contributed by atoms with Crippen molar-refractivity contribution in [3.8, 4) is 5.75 Å². The lowest BCUT2D eigenvalue weighted by atomic mass is 10.1. The first-order chi connectivity index (χ1) is 12.8. The van der Waals surface area contributed by atoms with Crippen molar-refractivity contribution >= 4 is 28.5 Å². The highest BCUT2D eigenvalue weighted by molar-refractivity contribution is 6.32.